The zero-order valence-corrected chi connectivity index (χ0v) is 15.5. The van der Waals surface area contributed by atoms with E-state index in [-0.39, 0.29) is 5.91 Å². The summed E-state index contributed by atoms with van der Waals surface area (Å²) in [7, 11) is 0. The standard InChI is InChI=1S/C22H22N4O/c1-4-13-23-20-14-19(24-21(26-20)17-10-6-5-7-11-17)22(27)25-18-12-8-9-15(2)16(18)3/h4-12,14H,1,13H2,2-3H3,(H,25,27)(H,23,24,26). The first kappa shape index (κ1) is 18.3. The first-order chi connectivity index (χ1) is 13.1. The van der Waals surface area contributed by atoms with Crippen LogP contribution in [0.3, 0.4) is 0 Å². The topological polar surface area (TPSA) is 66.9 Å². The fourth-order valence-electron chi connectivity index (χ4n) is 2.62. The highest BCUT2D eigenvalue weighted by molar-refractivity contribution is 6.04. The summed E-state index contributed by atoms with van der Waals surface area (Å²) in [6.07, 6.45) is 1.74. The molecular weight excluding hydrogens is 336 g/mol. The molecule has 0 aliphatic carbocycles. The zero-order valence-electron chi connectivity index (χ0n) is 15.5. The van der Waals surface area contributed by atoms with E-state index in [1.807, 2.05) is 62.4 Å². The van der Waals surface area contributed by atoms with Crippen molar-refractivity contribution >= 4 is 17.4 Å². The first-order valence-electron chi connectivity index (χ1n) is 8.75. The fourth-order valence-corrected chi connectivity index (χ4v) is 2.62. The van der Waals surface area contributed by atoms with Gasteiger partial charge >= 0.3 is 0 Å². The van der Waals surface area contributed by atoms with Gasteiger partial charge in [-0.25, -0.2) is 9.97 Å². The number of hydrogen-bond acceptors (Lipinski definition) is 4. The van der Waals surface area contributed by atoms with Crippen molar-refractivity contribution in [3.63, 3.8) is 0 Å². The maximum absolute atomic E-state index is 12.8. The largest absolute Gasteiger partial charge is 0.366 e. The molecule has 0 atom stereocenters. The van der Waals surface area contributed by atoms with Crippen molar-refractivity contribution in [3.8, 4) is 11.4 Å². The van der Waals surface area contributed by atoms with Gasteiger partial charge in [-0.2, -0.15) is 0 Å². The molecule has 0 aliphatic rings. The highest BCUT2D eigenvalue weighted by Crippen LogP contribution is 2.21. The van der Waals surface area contributed by atoms with E-state index in [0.717, 1.165) is 22.4 Å². The fraction of sp³-hybridized carbons (Fsp3) is 0.136. The Morgan fingerprint density at radius 3 is 2.59 bits per heavy atom. The number of carbonyl (C=O) groups is 1. The van der Waals surface area contributed by atoms with E-state index in [4.69, 9.17) is 0 Å². The lowest BCUT2D eigenvalue weighted by Gasteiger charge is -2.12. The molecule has 3 rings (SSSR count). The van der Waals surface area contributed by atoms with Gasteiger partial charge in [0.15, 0.2) is 5.82 Å². The number of anilines is 2. The maximum atomic E-state index is 12.8. The zero-order chi connectivity index (χ0) is 19.2. The molecule has 1 heterocycles. The van der Waals surface area contributed by atoms with Gasteiger partial charge in [-0.1, -0.05) is 48.5 Å². The second kappa shape index (κ2) is 8.27. The molecule has 1 aromatic heterocycles. The number of nitrogens with one attached hydrogen (secondary N) is 2. The van der Waals surface area contributed by atoms with Crippen molar-refractivity contribution in [3.05, 3.63) is 84.1 Å². The summed E-state index contributed by atoms with van der Waals surface area (Å²) in [4.78, 5) is 21.8. The smallest absolute Gasteiger partial charge is 0.274 e. The molecule has 0 fully saturated rings. The van der Waals surface area contributed by atoms with Crippen LogP contribution in [0, 0.1) is 13.8 Å². The van der Waals surface area contributed by atoms with Crippen LogP contribution in [0.25, 0.3) is 11.4 Å². The lowest BCUT2D eigenvalue weighted by atomic mass is 10.1. The Morgan fingerprint density at radius 2 is 1.85 bits per heavy atom. The molecule has 0 saturated heterocycles. The summed E-state index contributed by atoms with van der Waals surface area (Å²) >= 11 is 0. The van der Waals surface area contributed by atoms with E-state index < -0.39 is 0 Å². The second-order valence-corrected chi connectivity index (χ2v) is 6.20. The van der Waals surface area contributed by atoms with Gasteiger partial charge in [0.1, 0.15) is 11.5 Å². The molecule has 0 saturated carbocycles. The predicted molar refractivity (Wildman–Crippen MR) is 110 cm³/mol. The van der Waals surface area contributed by atoms with Crippen LogP contribution in [0.5, 0.6) is 0 Å². The Labute approximate surface area is 159 Å². The van der Waals surface area contributed by atoms with Crippen LogP contribution >= 0.6 is 0 Å². The summed E-state index contributed by atoms with van der Waals surface area (Å²) in [5, 5.41) is 6.09. The van der Waals surface area contributed by atoms with Gasteiger partial charge in [0.25, 0.3) is 5.91 Å². The molecule has 0 radical (unpaired) electrons. The van der Waals surface area contributed by atoms with Crippen molar-refractivity contribution in [1.82, 2.24) is 9.97 Å². The first-order valence-corrected chi connectivity index (χ1v) is 8.75. The van der Waals surface area contributed by atoms with E-state index >= 15 is 0 Å². The second-order valence-electron chi connectivity index (χ2n) is 6.20. The lowest BCUT2D eigenvalue weighted by Crippen LogP contribution is -2.16. The summed E-state index contributed by atoms with van der Waals surface area (Å²) in [6.45, 7) is 8.25. The maximum Gasteiger partial charge on any atom is 0.274 e. The van der Waals surface area contributed by atoms with Crippen LogP contribution in [0.4, 0.5) is 11.5 Å². The molecular formula is C22H22N4O. The minimum absolute atomic E-state index is 0.273. The van der Waals surface area contributed by atoms with E-state index in [9.17, 15) is 4.79 Å². The molecule has 1 amide bonds. The summed E-state index contributed by atoms with van der Waals surface area (Å²) in [6, 6.07) is 17.1. The van der Waals surface area contributed by atoms with Crippen molar-refractivity contribution < 1.29 is 4.79 Å². The number of carbonyl (C=O) groups excluding carboxylic acids is 1. The van der Waals surface area contributed by atoms with Crippen LogP contribution in [-0.2, 0) is 0 Å². The molecule has 136 valence electrons. The van der Waals surface area contributed by atoms with Crippen LogP contribution in [-0.4, -0.2) is 22.4 Å². The Balaban J connectivity index is 1.96. The number of aryl methyl sites for hydroxylation is 1. The molecule has 0 bridgehead atoms. The van der Waals surface area contributed by atoms with E-state index in [1.165, 1.54) is 0 Å². The molecule has 2 N–H and O–H groups in total. The predicted octanol–water partition coefficient (Wildman–Crippen LogP) is 4.61. The van der Waals surface area contributed by atoms with Crippen molar-refractivity contribution in [2.45, 2.75) is 13.8 Å². The molecule has 5 nitrogen and oxygen atoms in total. The van der Waals surface area contributed by atoms with Gasteiger partial charge in [-0.15, -0.1) is 6.58 Å². The minimum atomic E-state index is -0.273. The molecule has 5 heteroatoms. The normalized spacial score (nSPS) is 10.3. The van der Waals surface area contributed by atoms with Gasteiger partial charge in [0, 0.05) is 23.9 Å². The number of nitrogens with zero attached hydrogens (tertiary/aromatic N) is 2. The van der Waals surface area contributed by atoms with Gasteiger partial charge in [0.05, 0.1) is 0 Å². The highest BCUT2D eigenvalue weighted by Gasteiger charge is 2.14. The van der Waals surface area contributed by atoms with Crippen LogP contribution in [0.15, 0.2) is 67.3 Å². The third-order valence-corrected chi connectivity index (χ3v) is 4.27. The van der Waals surface area contributed by atoms with Gasteiger partial charge in [-0.05, 0) is 31.0 Å². The number of amides is 1. The number of rotatable bonds is 6. The Morgan fingerprint density at radius 1 is 1.07 bits per heavy atom. The van der Waals surface area contributed by atoms with Gasteiger partial charge < -0.3 is 10.6 Å². The Hall–Kier alpha value is -3.47. The quantitative estimate of drug-likeness (QED) is 0.632. The van der Waals surface area contributed by atoms with Crippen molar-refractivity contribution in [1.29, 1.82) is 0 Å². The van der Waals surface area contributed by atoms with Crippen molar-refractivity contribution in [2.75, 3.05) is 17.2 Å². The summed E-state index contributed by atoms with van der Waals surface area (Å²) < 4.78 is 0. The van der Waals surface area contributed by atoms with Crippen LogP contribution in [0.1, 0.15) is 21.6 Å². The van der Waals surface area contributed by atoms with Crippen molar-refractivity contribution in [2.24, 2.45) is 0 Å². The van der Waals surface area contributed by atoms with Gasteiger partial charge in [-0.3, -0.25) is 4.79 Å². The number of hydrogen-bond donors (Lipinski definition) is 2. The third kappa shape index (κ3) is 4.39. The monoisotopic (exact) mass is 358 g/mol. The molecule has 27 heavy (non-hydrogen) atoms. The Kier molecular flexibility index (Phi) is 5.61. The summed E-state index contributed by atoms with van der Waals surface area (Å²) in [5.41, 5.74) is 4.08. The van der Waals surface area contributed by atoms with E-state index in [1.54, 1.807) is 12.1 Å². The highest BCUT2D eigenvalue weighted by atomic mass is 16.1. The van der Waals surface area contributed by atoms with Gasteiger partial charge in [0.2, 0.25) is 0 Å². The van der Waals surface area contributed by atoms with Crippen LogP contribution in [0.2, 0.25) is 0 Å². The molecule has 3 aromatic rings. The molecule has 0 unspecified atom stereocenters. The van der Waals surface area contributed by atoms with E-state index in [2.05, 4.69) is 27.2 Å². The lowest BCUT2D eigenvalue weighted by molar-refractivity contribution is 0.102. The molecule has 2 aromatic carbocycles. The Bertz CT molecular complexity index is 967. The summed E-state index contributed by atoms with van der Waals surface area (Å²) in [5.74, 6) is 0.801. The SMILES string of the molecule is C=CCNc1cc(C(=O)Nc2cccc(C)c2C)nc(-c2ccccc2)n1. The number of aromatic nitrogens is 2. The number of benzene rings is 2. The third-order valence-electron chi connectivity index (χ3n) is 4.27. The van der Waals surface area contributed by atoms with E-state index in [0.29, 0.717) is 23.9 Å². The minimum Gasteiger partial charge on any atom is -0.366 e. The molecule has 0 spiro atoms. The average molecular weight is 358 g/mol. The van der Waals surface area contributed by atoms with Crippen LogP contribution < -0.4 is 10.6 Å². The molecule has 0 aliphatic heterocycles. The average Bonchev–Trinajstić information content (AvgIpc) is 2.70.